The number of nitrogens with zero attached hydrogens (tertiary/aromatic N) is 1. The molecule has 2 rings (SSSR count). The van der Waals surface area contributed by atoms with Gasteiger partial charge in [-0.05, 0) is 31.5 Å². The molecule has 1 heterocycles. The molecule has 1 aromatic carbocycles. The maximum Gasteiger partial charge on any atom is 0.218 e. The molecule has 0 saturated heterocycles. The highest BCUT2D eigenvalue weighted by Gasteiger charge is 2.25. The van der Waals surface area contributed by atoms with Crippen LogP contribution in [0.25, 0.3) is 0 Å². The number of rotatable bonds is 8. The summed E-state index contributed by atoms with van der Waals surface area (Å²) in [6.45, 7) is 3.65. The molecule has 0 aliphatic carbocycles. The number of nitrogens with two attached hydrogens (primary N) is 2. The summed E-state index contributed by atoms with van der Waals surface area (Å²) in [7, 11) is 0. The summed E-state index contributed by atoms with van der Waals surface area (Å²) < 4.78 is 15.2. The van der Waals surface area contributed by atoms with Crippen LogP contribution >= 0.6 is 11.6 Å². The van der Waals surface area contributed by atoms with Crippen LogP contribution in [0.1, 0.15) is 57.1 Å². The lowest BCUT2D eigenvalue weighted by atomic mass is 9.96. The summed E-state index contributed by atoms with van der Waals surface area (Å²) in [4.78, 5) is 27.7. The zero-order chi connectivity index (χ0) is 20.1. The molecule has 1 amide bonds. The second-order valence-electron chi connectivity index (χ2n) is 6.33. The predicted octanol–water partition coefficient (Wildman–Crippen LogP) is 3.48. The number of benzene rings is 1. The number of primary amides is 1. The number of pyridine rings is 1. The zero-order valence-electron chi connectivity index (χ0n) is 15.1. The van der Waals surface area contributed by atoms with E-state index in [1.165, 1.54) is 30.5 Å². The number of anilines is 1. The number of ketones is 1. The van der Waals surface area contributed by atoms with Crippen LogP contribution in [0.5, 0.6) is 0 Å². The van der Waals surface area contributed by atoms with Gasteiger partial charge in [0.2, 0.25) is 5.91 Å². The van der Waals surface area contributed by atoms with Crippen LogP contribution in [-0.2, 0) is 4.79 Å². The van der Waals surface area contributed by atoms with Gasteiger partial charge in [0, 0.05) is 38.7 Å². The summed E-state index contributed by atoms with van der Waals surface area (Å²) >= 11 is 6.11. The highest BCUT2D eigenvalue weighted by atomic mass is 35.5. The van der Waals surface area contributed by atoms with Gasteiger partial charge in [0.05, 0.1) is 10.6 Å². The molecule has 2 atom stereocenters. The average molecular weight is 397 g/mol. The molecular weight excluding hydrogens is 371 g/mol. The van der Waals surface area contributed by atoms with Crippen molar-refractivity contribution in [2.75, 3.05) is 5.73 Å². The normalized spacial score (nSPS) is 13.2. The van der Waals surface area contributed by atoms with Crippen molar-refractivity contribution < 1.29 is 16.8 Å². The highest BCUT2D eigenvalue weighted by Crippen LogP contribution is 2.30. The average Bonchev–Trinajstić information content (AvgIpc) is 2.60. The van der Waals surface area contributed by atoms with Crippen molar-refractivity contribution in [1.29, 1.82) is 0 Å². The van der Waals surface area contributed by atoms with Gasteiger partial charge in [0.25, 0.3) is 0 Å². The molecule has 0 unspecified atom stereocenters. The number of carbonyl (C=O) groups is 2. The molecule has 0 aliphatic rings. The van der Waals surface area contributed by atoms with Crippen molar-refractivity contribution in [1.82, 2.24) is 10.3 Å². The topological polar surface area (TPSA) is 111 Å². The van der Waals surface area contributed by atoms with Gasteiger partial charge in [-0.25, -0.2) is 9.37 Å². The van der Waals surface area contributed by atoms with Crippen molar-refractivity contribution in [2.24, 2.45) is 5.73 Å². The first kappa shape index (κ1) is 20.8. The molecule has 0 fully saturated rings. The quantitative estimate of drug-likeness (QED) is 0.591. The van der Waals surface area contributed by atoms with Gasteiger partial charge in [0.15, 0.2) is 5.78 Å². The third-order valence-electron chi connectivity index (χ3n) is 4.17. The Balaban J connectivity index is 0.00000392. The van der Waals surface area contributed by atoms with Crippen molar-refractivity contribution in [2.45, 2.75) is 38.8 Å². The maximum atomic E-state index is 15.2. The van der Waals surface area contributed by atoms with Gasteiger partial charge in [0.1, 0.15) is 11.6 Å². The largest absolute Gasteiger partial charge is 0.384 e. The minimum Gasteiger partial charge on any atom is -0.384 e. The molecule has 27 heavy (non-hydrogen) atoms. The summed E-state index contributed by atoms with van der Waals surface area (Å²) in [5.74, 6) is -1.47. The van der Waals surface area contributed by atoms with Gasteiger partial charge in [-0.1, -0.05) is 24.6 Å². The summed E-state index contributed by atoms with van der Waals surface area (Å²) in [5, 5.41) is 3.18. The van der Waals surface area contributed by atoms with Crippen molar-refractivity contribution in [3.05, 3.63) is 58.0 Å². The maximum absolute atomic E-state index is 15.2. The molecule has 0 bridgehead atoms. The number of nitrogens with one attached hydrogen (secondary N) is 1. The minimum absolute atomic E-state index is 0. The number of aromatic nitrogens is 1. The van der Waals surface area contributed by atoms with Crippen molar-refractivity contribution >= 4 is 29.1 Å². The van der Waals surface area contributed by atoms with Crippen LogP contribution in [-0.4, -0.2) is 22.7 Å². The Hall–Kier alpha value is -2.51. The van der Waals surface area contributed by atoms with E-state index in [4.69, 9.17) is 23.1 Å². The van der Waals surface area contributed by atoms with Crippen LogP contribution in [0.2, 0.25) is 5.02 Å². The van der Waals surface area contributed by atoms with E-state index in [0.717, 1.165) is 0 Å². The van der Waals surface area contributed by atoms with Crippen LogP contribution < -0.4 is 16.8 Å². The van der Waals surface area contributed by atoms with Crippen LogP contribution in [0.3, 0.4) is 0 Å². The summed E-state index contributed by atoms with van der Waals surface area (Å²) in [6, 6.07) is 5.30. The molecule has 0 aliphatic heterocycles. The predicted molar refractivity (Wildman–Crippen MR) is 107 cm³/mol. The first-order chi connectivity index (χ1) is 12.7. The molecule has 6 nitrogen and oxygen atoms in total. The van der Waals surface area contributed by atoms with Crippen molar-refractivity contribution in [3.8, 4) is 0 Å². The Morgan fingerprint density at radius 1 is 1.33 bits per heavy atom. The highest BCUT2D eigenvalue weighted by molar-refractivity contribution is 6.35. The Kier molecular flexibility index (Phi) is 6.87. The molecule has 5 N–H and O–H groups in total. The lowest BCUT2D eigenvalue weighted by Crippen LogP contribution is -2.34. The third-order valence-corrected chi connectivity index (χ3v) is 4.49. The van der Waals surface area contributed by atoms with Crippen LogP contribution in [0.15, 0.2) is 30.5 Å². The lowest BCUT2D eigenvalue weighted by molar-refractivity contribution is -0.118. The van der Waals surface area contributed by atoms with Gasteiger partial charge >= 0.3 is 0 Å². The van der Waals surface area contributed by atoms with E-state index in [0.29, 0.717) is 12.0 Å². The first-order valence-electron chi connectivity index (χ1n) is 8.53. The number of nitrogen functional groups attached to an aromatic ring is 1. The van der Waals surface area contributed by atoms with E-state index in [-0.39, 0.29) is 37.3 Å². The number of amides is 1. The fourth-order valence-electron chi connectivity index (χ4n) is 2.86. The monoisotopic (exact) mass is 396 g/mol. The van der Waals surface area contributed by atoms with E-state index in [2.05, 4.69) is 10.3 Å². The number of halogens is 2. The Bertz CT molecular complexity index is 853. The molecule has 1 aromatic heterocycles. The molecule has 2 aromatic rings. The smallest absolute Gasteiger partial charge is 0.218 e. The first-order valence-corrected chi connectivity index (χ1v) is 8.90. The second-order valence-corrected chi connectivity index (χ2v) is 6.73. The molecule has 148 valence electrons. The number of hydrogen-bond donors (Lipinski definition) is 3. The SMILES string of the molecule is CC[C@@H](N[C@@H](C)CC(N)=O)c1ccc(Cl)c(C(=O)c2ccc(N)nc2)c1F.[HH].[HH]. The Morgan fingerprint density at radius 3 is 2.59 bits per heavy atom. The van der Waals surface area contributed by atoms with E-state index >= 15 is 4.39 Å². The molecule has 0 spiro atoms. The minimum atomic E-state index is -0.699. The third kappa shape index (κ3) is 5.02. The second kappa shape index (κ2) is 8.92. The number of carbonyl (C=O) groups excluding carboxylic acids is 2. The Morgan fingerprint density at radius 2 is 2.04 bits per heavy atom. The van der Waals surface area contributed by atoms with Crippen LogP contribution in [0, 0.1) is 5.82 Å². The molecule has 8 heteroatoms. The molecular formula is C19H26ClFN4O2. The van der Waals surface area contributed by atoms with Gasteiger partial charge in [-0.2, -0.15) is 0 Å². The number of hydrogen-bond acceptors (Lipinski definition) is 5. The fourth-order valence-corrected chi connectivity index (χ4v) is 3.09. The van der Waals surface area contributed by atoms with Crippen molar-refractivity contribution in [3.63, 3.8) is 0 Å². The van der Waals surface area contributed by atoms with E-state index in [9.17, 15) is 9.59 Å². The zero-order valence-corrected chi connectivity index (χ0v) is 15.9. The molecule has 0 radical (unpaired) electrons. The standard InChI is InChI=1S/C19H22ClFN4O2.2H2/c1-3-14(25-10(2)8-16(23)26)12-5-6-13(20)17(18(12)21)19(27)11-4-7-15(22)24-9-11;;/h4-7,9-10,14,25H,3,8H2,1-2H3,(H2,22,24)(H2,23,26);2*1H/t10-,14+;;/m0../s1. The summed E-state index contributed by atoms with van der Waals surface area (Å²) in [5.41, 5.74) is 11.0. The fraction of sp³-hybridized carbons (Fsp3) is 0.316. The van der Waals surface area contributed by atoms with Gasteiger partial charge in [-0.3, -0.25) is 9.59 Å². The van der Waals surface area contributed by atoms with E-state index in [1.807, 2.05) is 6.92 Å². The summed E-state index contributed by atoms with van der Waals surface area (Å²) in [6.07, 6.45) is 1.94. The van der Waals surface area contributed by atoms with E-state index in [1.54, 1.807) is 6.92 Å². The van der Waals surface area contributed by atoms with Gasteiger partial charge < -0.3 is 16.8 Å². The lowest BCUT2D eigenvalue weighted by Gasteiger charge is -2.23. The van der Waals surface area contributed by atoms with Gasteiger partial charge in [-0.15, -0.1) is 0 Å². The van der Waals surface area contributed by atoms with Crippen LogP contribution in [0.4, 0.5) is 10.2 Å². The molecule has 0 saturated carbocycles. The van der Waals surface area contributed by atoms with E-state index < -0.39 is 23.5 Å². The Labute approximate surface area is 165 Å².